The lowest BCUT2D eigenvalue weighted by Crippen LogP contribution is -2.32. The van der Waals surface area contributed by atoms with Crippen LogP contribution in [0.15, 0.2) is 108 Å². The standard InChI is InChI=1S/C35H26O4S/c36-24-26-11-2-6-17-32(26)38-31-16-5-1-10-25(31)12-9-13-27-20-21-28(40-27)22-23-35(37)29-14-3-7-18-33(29)39-34-19-8-4-15-30(34)35/h1-7,10-11,14-18,20-21,36-37H,8,12,19,24H2. The maximum Gasteiger partial charge on any atom is 0.184 e. The molecule has 2 aliphatic rings. The number of aliphatic hydroxyl groups is 2. The van der Waals surface area contributed by atoms with Gasteiger partial charge in [-0.1, -0.05) is 90.4 Å². The fraction of sp³-hybridized carbons (Fsp3) is 0.143. The number of hydrogen-bond donors (Lipinski definition) is 2. The van der Waals surface area contributed by atoms with Gasteiger partial charge in [0, 0.05) is 35.1 Å². The number of hydrogen-bond acceptors (Lipinski definition) is 5. The summed E-state index contributed by atoms with van der Waals surface area (Å²) in [5.41, 5.74) is 1.63. The predicted molar refractivity (Wildman–Crippen MR) is 157 cm³/mol. The molecule has 2 N–H and O–H groups in total. The minimum absolute atomic E-state index is 0.0884. The van der Waals surface area contributed by atoms with E-state index in [1.54, 1.807) is 0 Å². The van der Waals surface area contributed by atoms with Crippen LogP contribution < -0.4 is 9.47 Å². The molecule has 3 aromatic carbocycles. The lowest BCUT2D eigenvalue weighted by molar-refractivity contribution is 0.124. The van der Waals surface area contributed by atoms with Crippen molar-refractivity contribution in [2.24, 2.45) is 0 Å². The second-order valence-corrected chi connectivity index (χ2v) is 10.5. The Morgan fingerprint density at radius 2 is 1.55 bits per heavy atom. The van der Waals surface area contributed by atoms with Gasteiger partial charge in [-0.05, 0) is 36.8 Å². The highest BCUT2D eigenvalue weighted by Gasteiger charge is 2.40. The zero-order valence-corrected chi connectivity index (χ0v) is 22.5. The molecular formula is C35H26O4S. The van der Waals surface area contributed by atoms with E-state index >= 15 is 0 Å². The number of para-hydroxylation sites is 3. The van der Waals surface area contributed by atoms with Crippen molar-refractivity contribution in [2.45, 2.75) is 31.5 Å². The van der Waals surface area contributed by atoms with E-state index in [-0.39, 0.29) is 6.61 Å². The molecule has 6 rings (SSSR count). The lowest BCUT2D eigenvalue weighted by Gasteiger charge is -2.34. The largest absolute Gasteiger partial charge is 0.461 e. The minimum Gasteiger partial charge on any atom is -0.461 e. The number of aliphatic hydroxyl groups excluding tert-OH is 1. The van der Waals surface area contributed by atoms with Crippen LogP contribution in [-0.2, 0) is 18.6 Å². The predicted octanol–water partition coefficient (Wildman–Crippen LogP) is 6.86. The minimum atomic E-state index is -1.44. The first-order valence-corrected chi connectivity index (χ1v) is 13.9. The van der Waals surface area contributed by atoms with Crippen molar-refractivity contribution in [1.82, 2.24) is 0 Å². The molecule has 5 heteroatoms. The molecule has 4 nitrogen and oxygen atoms in total. The molecule has 1 aliphatic carbocycles. The van der Waals surface area contributed by atoms with Gasteiger partial charge in [0.25, 0.3) is 0 Å². The van der Waals surface area contributed by atoms with E-state index in [4.69, 9.17) is 9.47 Å². The highest BCUT2D eigenvalue weighted by molar-refractivity contribution is 7.13. The molecule has 0 spiro atoms. The Morgan fingerprint density at radius 1 is 0.850 bits per heavy atom. The van der Waals surface area contributed by atoms with Gasteiger partial charge in [0.2, 0.25) is 0 Å². The molecule has 4 aromatic rings. The fourth-order valence-electron chi connectivity index (χ4n) is 4.79. The molecule has 0 fully saturated rings. The van der Waals surface area contributed by atoms with Crippen LogP contribution in [0.4, 0.5) is 0 Å². The lowest BCUT2D eigenvalue weighted by atomic mass is 9.81. The van der Waals surface area contributed by atoms with Crippen LogP contribution in [0.1, 0.15) is 39.3 Å². The third-order valence-electron chi connectivity index (χ3n) is 6.82. The first-order chi connectivity index (χ1) is 19.6. The van der Waals surface area contributed by atoms with Crippen molar-refractivity contribution < 1.29 is 19.7 Å². The summed E-state index contributed by atoms with van der Waals surface area (Å²) in [6.07, 6.45) is 6.11. The highest BCUT2D eigenvalue weighted by Crippen LogP contribution is 2.45. The zero-order chi connectivity index (χ0) is 27.4. The van der Waals surface area contributed by atoms with Crippen LogP contribution in [0.25, 0.3) is 0 Å². The van der Waals surface area contributed by atoms with E-state index < -0.39 is 5.60 Å². The molecule has 0 bridgehead atoms. The van der Waals surface area contributed by atoms with Crippen LogP contribution in [0, 0.1) is 23.7 Å². The Morgan fingerprint density at radius 3 is 2.38 bits per heavy atom. The molecular weight excluding hydrogens is 516 g/mol. The van der Waals surface area contributed by atoms with Crippen molar-refractivity contribution >= 4 is 11.3 Å². The fourth-order valence-corrected chi connectivity index (χ4v) is 5.53. The average molecular weight is 543 g/mol. The number of allylic oxidation sites excluding steroid dienone is 2. The first kappa shape index (κ1) is 25.7. The Kier molecular flexibility index (Phi) is 7.27. The molecule has 196 valence electrons. The smallest absolute Gasteiger partial charge is 0.184 e. The summed E-state index contributed by atoms with van der Waals surface area (Å²) in [5, 5.41) is 21.4. The summed E-state index contributed by atoms with van der Waals surface area (Å²) >= 11 is 1.50. The second-order valence-electron chi connectivity index (χ2n) is 9.45. The second kappa shape index (κ2) is 11.3. The maximum atomic E-state index is 11.8. The summed E-state index contributed by atoms with van der Waals surface area (Å²) in [6, 6.07) is 26.7. The molecule has 1 unspecified atom stereocenters. The van der Waals surface area contributed by atoms with Crippen LogP contribution in [0.2, 0.25) is 0 Å². The molecule has 0 amide bonds. The molecule has 0 radical (unpaired) electrons. The maximum absolute atomic E-state index is 11.8. The monoisotopic (exact) mass is 542 g/mol. The van der Waals surface area contributed by atoms with E-state index in [0.717, 1.165) is 39.5 Å². The first-order valence-electron chi connectivity index (χ1n) is 13.1. The number of fused-ring (bicyclic) bond motifs is 1. The van der Waals surface area contributed by atoms with Gasteiger partial charge >= 0.3 is 0 Å². The van der Waals surface area contributed by atoms with Crippen molar-refractivity contribution in [3.63, 3.8) is 0 Å². The van der Waals surface area contributed by atoms with Crippen molar-refractivity contribution in [3.05, 3.63) is 135 Å². The Labute approximate surface area is 237 Å². The number of thiophene rings is 1. The van der Waals surface area contributed by atoms with Crippen molar-refractivity contribution in [3.8, 4) is 40.9 Å². The SMILES string of the molecule is OCc1ccccc1Oc1ccccc1CC#Cc1ccc(C#CC2(O)C3=C(CCC=C3)Oc3ccccc32)s1. The highest BCUT2D eigenvalue weighted by atomic mass is 32.1. The summed E-state index contributed by atoms with van der Waals surface area (Å²) in [5.74, 6) is 15.6. The summed E-state index contributed by atoms with van der Waals surface area (Å²) in [4.78, 5) is 1.72. The molecule has 0 saturated carbocycles. The number of ether oxygens (including phenoxy) is 2. The van der Waals surface area contributed by atoms with Gasteiger partial charge in [-0.3, -0.25) is 0 Å². The van der Waals surface area contributed by atoms with Gasteiger partial charge in [-0.25, -0.2) is 0 Å². The van der Waals surface area contributed by atoms with Crippen LogP contribution in [0.5, 0.6) is 17.2 Å². The zero-order valence-electron chi connectivity index (χ0n) is 21.7. The summed E-state index contributed by atoms with van der Waals surface area (Å²) < 4.78 is 12.2. The van der Waals surface area contributed by atoms with Gasteiger partial charge in [-0.2, -0.15) is 0 Å². The quantitative estimate of drug-likeness (QED) is 0.277. The molecule has 1 atom stereocenters. The van der Waals surface area contributed by atoms with Gasteiger partial charge in [-0.15, -0.1) is 11.3 Å². The average Bonchev–Trinajstić information content (AvgIpc) is 3.45. The molecule has 1 aliphatic heterocycles. The van der Waals surface area contributed by atoms with Gasteiger partial charge in [0.1, 0.15) is 23.0 Å². The Hall–Kier alpha value is -4.52. The van der Waals surface area contributed by atoms with Gasteiger partial charge in [0.05, 0.1) is 16.4 Å². The van der Waals surface area contributed by atoms with Gasteiger partial charge < -0.3 is 19.7 Å². The van der Waals surface area contributed by atoms with E-state index in [1.165, 1.54) is 11.3 Å². The topological polar surface area (TPSA) is 58.9 Å². The van der Waals surface area contributed by atoms with Crippen molar-refractivity contribution in [2.75, 3.05) is 0 Å². The summed E-state index contributed by atoms with van der Waals surface area (Å²) in [7, 11) is 0. The molecule has 40 heavy (non-hydrogen) atoms. The Bertz CT molecular complexity index is 1750. The third kappa shape index (κ3) is 5.19. The van der Waals surface area contributed by atoms with E-state index in [2.05, 4.69) is 29.8 Å². The van der Waals surface area contributed by atoms with Crippen molar-refractivity contribution in [1.29, 1.82) is 0 Å². The van der Waals surface area contributed by atoms with E-state index in [1.807, 2.05) is 91.0 Å². The van der Waals surface area contributed by atoms with Crippen LogP contribution in [-0.4, -0.2) is 10.2 Å². The van der Waals surface area contributed by atoms with E-state index in [9.17, 15) is 10.2 Å². The molecule has 0 saturated heterocycles. The van der Waals surface area contributed by atoms with Crippen LogP contribution >= 0.6 is 11.3 Å². The van der Waals surface area contributed by atoms with E-state index in [0.29, 0.717) is 34.8 Å². The number of rotatable bonds is 4. The summed E-state index contributed by atoms with van der Waals surface area (Å²) in [6.45, 7) is -0.0884. The normalized spacial score (nSPS) is 16.9. The Balaban J connectivity index is 1.21. The van der Waals surface area contributed by atoms with Crippen LogP contribution in [0.3, 0.4) is 0 Å². The molecule has 2 heterocycles. The third-order valence-corrected chi connectivity index (χ3v) is 7.74. The molecule has 1 aromatic heterocycles. The number of benzene rings is 3. The van der Waals surface area contributed by atoms with Gasteiger partial charge in [0.15, 0.2) is 5.60 Å².